The molecule has 2 aromatic heterocycles. The standard InChI is InChI=1S/C44H34N6/c1-3-11-28(12-4-1)42-47-43(29-13-5-2-6-14-29)49-44(48-42)32-23-24-45-41(27-32)50-39-18-10-8-16-34(39)36-26-31(20-22-40(36)50)30-19-21-38-35(25-30)33-15-7-9-17-37(33)46-38/h1-9,11-17,19-23,25-27,42,45-46H,10,18,24H2,(H,47,48,49). The molecule has 0 fully saturated rings. The van der Waals surface area contributed by atoms with Crippen LogP contribution in [0.4, 0.5) is 0 Å². The first-order valence-corrected chi connectivity index (χ1v) is 17.3. The van der Waals surface area contributed by atoms with Gasteiger partial charge in [-0.05, 0) is 65.9 Å². The molecule has 1 aliphatic carbocycles. The van der Waals surface area contributed by atoms with Gasteiger partial charge in [0.1, 0.15) is 17.8 Å². The molecule has 0 spiro atoms. The number of nitrogens with one attached hydrogen (secondary N) is 3. The van der Waals surface area contributed by atoms with Crippen molar-refractivity contribution in [2.75, 3.05) is 6.54 Å². The van der Waals surface area contributed by atoms with Crippen molar-refractivity contribution in [1.82, 2.24) is 20.2 Å². The molecule has 1 unspecified atom stereocenters. The van der Waals surface area contributed by atoms with Gasteiger partial charge >= 0.3 is 0 Å². The summed E-state index contributed by atoms with van der Waals surface area (Å²) in [5.41, 5.74) is 11.7. The summed E-state index contributed by atoms with van der Waals surface area (Å²) in [5, 5.41) is 11.0. The summed E-state index contributed by atoms with van der Waals surface area (Å²) in [4.78, 5) is 13.8. The third-order valence-corrected chi connectivity index (χ3v) is 10.1. The Morgan fingerprint density at radius 1 is 0.700 bits per heavy atom. The molecule has 2 aliphatic heterocycles. The summed E-state index contributed by atoms with van der Waals surface area (Å²) in [5.74, 6) is 2.60. The van der Waals surface area contributed by atoms with Crippen LogP contribution in [0, 0.1) is 0 Å². The average molecular weight is 647 g/mol. The summed E-state index contributed by atoms with van der Waals surface area (Å²) in [6, 6.07) is 42.9. The van der Waals surface area contributed by atoms with Crippen LogP contribution in [0.1, 0.15) is 35.0 Å². The number of H-pyrrole nitrogens is 1. The predicted molar refractivity (Wildman–Crippen MR) is 207 cm³/mol. The van der Waals surface area contributed by atoms with Gasteiger partial charge in [-0.2, -0.15) is 0 Å². The van der Waals surface area contributed by atoms with Crippen LogP contribution in [-0.4, -0.2) is 27.8 Å². The van der Waals surface area contributed by atoms with Crippen LogP contribution in [0.15, 0.2) is 155 Å². The lowest BCUT2D eigenvalue weighted by molar-refractivity contribution is 0.674. The number of fused-ring (bicyclic) bond motifs is 6. The molecule has 50 heavy (non-hydrogen) atoms. The second-order valence-electron chi connectivity index (χ2n) is 13.1. The zero-order valence-electron chi connectivity index (χ0n) is 27.4. The number of hydrogen-bond donors (Lipinski definition) is 3. The minimum absolute atomic E-state index is 0.237. The number of hydrogen-bond acceptors (Lipinski definition) is 4. The van der Waals surface area contributed by atoms with Gasteiger partial charge in [-0.25, -0.2) is 9.98 Å². The third kappa shape index (κ3) is 4.79. The number of para-hydroxylation sites is 1. The molecule has 3 aliphatic rings. The predicted octanol–water partition coefficient (Wildman–Crippen LogP) is 9.38. The Balaban J connectivity index is 1.07. The van der Waals surface area contributed by atoms with E-state index in [2.05, 4.69) is 142 Å². The topological polar surface area (TPSA) is 69.5 Å². The van der Waals surface area contributed by atoms with Crippen molar-refractivity contribution in [3.63, 3.8) is 0 Å². The second kappa shape index (κ2) is 11.6. The van der Waals surface area contributed by atoms with Crippen LogP contribution in [0.2, 0.25) is 0 Å². The first-order chi connectivity index (χ1) is 24.8. The molecule has 240 valence electrons. The summed E-state index contributed by atoms with van der Waals surface area (Å²) in [7, 11) is 0. The fraction of sp³-hybridized carbons (Fsp3) is 0.0909. The van der Waals surface area contributed by atoms with E-state index in [1.165, 1.54) is 49.6 Å². The van der Waals surface area contributed by atoms with Gasteiger partial charge in [0.15, 0.2) is 5.84 Å². The summed E-state index contributed by atoms with van der Waals surface area (Å²) in [6.45, 7) is 0.687. The van der Waals surface area contributed by atoms with E-state index in [-0.39, 0.29) is 6.17 Å². The highest BCUT2D eigenvalue weighted by molar-refractivity contribution is 6.14. The fourth-order valence-corrected chi connectivity index (χ4v) is 7.65. The van der Waals surface area contributed by atoms with Gasteiger partial charge < -0.3 is 15.6 Å². The maximum absolute atomic E-state index is 5.15. The van der Waals surface area contributed by atoms with E-state index in [9.17, 15) is 0 Å². The van der Waals surface area contributed by atoms with Gasteiger partial charge in [-0.15, -0.1) is 0 Å². The van der Waals surface area contributed by atoms with Crippen LogP contribution < -0.4 is 10.6 Å². The Labute approximate surface area is 289 Å². The molecule has 1 atom stereocenters. The van der Waals surface area contributed by atoms with E-state index in [4.69, 9.17) is 9.98 Å². The lowest BCUT2D eigenvalue weighted by Crippen LogP contribution is -2.34. The van der Waals surface area contributed by atoms with Crippen molar-refractivity contribution >= 4 is 56.3 Å². The molecule has 0 amide bonds. The van der Waals surface area contributed by atoms with E-state index < -0.39 is 0 Å². The van der Waals surface area contributed by atoms with Gasteiger partial charge in [-0.1, -0.05) is 109 Å². The molecule has 6 heteroatoms. The minimum atomic E-state index is -0.237. The first kappa shape index (κ1) is 28.6. The van der Waals surface area contributed by atoms with Crippen molar-refractivity contribution < 1.29 is 0 Å². The quantitative estimate of drug-likeness (QED) is 0.174. The molecule has 0 saturated heterocycles. The molecular weight excluding hydrogens is 613 g/mol. The van der Waals surface area contributed by atoms with Gasteiger partial charge in [-0.3, -0.25) is 4.57 Å². The Bertz CT molecular complexity index is 2610. The summed E-state index contributed by atoms with van der Waals surface area (Å²) >= 11 is 0. The highest BCUT2D eigenvalue weighted by Crippen LogP contribution is 2.38. The van der Waals surface area contributed by atoms with Crippen LogP contribution in [0.5, 0.6) is 0 Å². The molecular formula is C44H34N6. The average Bonchev–Trinajstić information content (AvgIpc) is 3.73. The number of nitrogens with zero attached hydrogens (tertiary/aromatic N) is 3. The third-order valence-electron chi connectivity index (χ3n) is 10.1. The maximum Gasteiger partial charge on any atom is 0.159 e. The normalized spacial score (nSPS) is 17.1. The number of benzene rings is 5. The molecule has 6 nitrogen and oxygen atoms in total. The highest BCUT2D eigenvalue weighted by atomic mass is 15.2. The Kier molecular flexibility index (Phi) is 6.65. The number of amidine groups is 2. The number of dihydropyridines is 1. The summed E-state index contributed by atoms with van der Waals surface area (Å²) in [6.07, 6.45) is 10.8. The number of allylic oxidation sites excluding steroid dienone is 1. The van der Waals surface area contributed by atoms with E-state index in [0.29, 0.717) is 6.54 Å². The number of aromatic nitrogens is 2. The first-order valence-electron chi connectivity index (χ1n) is 17.3. The molecule has 10 rings (SSSR count). The Morgan fingerprint density at radius 3 is 2.34 bits per heavy atom. The van der Waals surface area contributed by atoms with E-state index in [1.807, 2.05) is 24.3 Å². The molecule has 0 radical (unpaired) electrons. The van der Waals surface area contributed by atoms with Gasteiger partial charge in [0.25, 0.3) is 0 Å². The van der Waals surface area contributed by atoms with Crippen molar-refractivity contribution in [2.24, 2.45) is 9.98 Å². The van der Waals surface area contributed by atoms with Crippen LogP contribution in [0.25, 0.3) is 55.7 Å². The fourth-order valence-electron chi connectivity index (χ4n) is 7.65. The van der Waals surface area contributed by atoms with E-state index in [1.54, 1.807) is 0 Å². The number of rotatable bonds is 5. The number of aromatic amines is 1. The molecule has 5 aromatic carbocycles. The van der Waals surface area contributed by atoms with Crippen LogP contribution in [-0.2, 0) is 6.42 Å². The van der Waals surface area contributed by atoms with Crippen LogP contribution >= 0.6 is 0 Å². The van der Waals surface area contributed by atoms with Crippen molar-refractivity contribution in [1.29, 1.82) is 0 Å². The van der Waals surface area contributed by atoms with Crippen molar-refractivity contribution in [3.8, 4) is 11.1 Å². The molecule has 0 saturated carbocycles. The van der Waals surface area contributed by atoms with Crippen molar-refractivity contribution in [2.45, 2.75) is 19.0 Å². The van der Waals surface area contributed by atoms with Gasteiger partial charge in [0, 0.05) is 56.1 Å². The maximum atomic E-state index is 5.15. The SMILES string of the molecule is C1=Cc2c(n(C3=CC(C4=NC(c5ccccc5)NC(c5ccccc5)=N4)=CCN3)c3ccc(-c4ccc5[nH]c6ccccc6c5c4)cc23)CC1. The Morgan fingerprint density at radius 2 is 1.46 bits per heavy atom. The zero-order valence-corrected chi connectivity index (χ0v) is 27.4. The molecule has 7 aromatic rings. The van der Waals surface area contributed by atoms with E-state index in [0.717, 1.165) is 52.6 Å². The van der Waals surface area contributed by atoms with Crippen molar-refractivity contribution in [3.05, 3.63) is 168 Å². The van der Waals surface area contributed by atoms with Gasteiger partial charge in [0.05, 0.1) is 5.52 Å². The lowest BCUT2D eigenvalue weighted by Gasteiger charge is -2.26. The largest absolute Gasteiger partial charge is 0.368 e. The minimum Gasteiger partial charge on any atom is -0.368 e. The zero-order chi connectivity index (χ0) is 33.0. The smallest absolute Gasteiger partial charge is 0.159 e. The number of aliphatic imine (C=N–C) groups is 2. The van der Waals surface area contributed by atoms with Gasteiger partial charge in [0.2, 0.25) is 0 Å². The van der Waals surface area contributed by atoms with Crippen LogP contribution in [0.3, 0.4) is 0 Å². The highest BCUT2D eigenvalue weighted by Gasteiger charge is 2.25. The van der Waals surface area contributed by atoms with E-state index >= 15 is 0 Å². The Hall–Kier alpha value is -6.40. The lowest BCUT2D eigenvalue weighted by atomic mass is 9.98. The molecule has 3 N–H and O–H groups in total. The monoisotopic (exact) mass is 646 g/mol. The second-order valence-corrected chi connectivity index (χ2v) is 13.1. The summed E-state index contributed by atoms with van der Waals surface area (Å²) < 4.78 is 2.42. The molecule has 4 heterocycles. The molecule has 0 bridgehead atoms.